The Morgan fingerprint density at radius 1 is 1.38 bits per heavy atom. The summed E-state index contributed by atoms with van der Waals surface area (Å²) in [4.78, 5) is 10.7. The fourth-order valence-electron chi connectivity index (χ4n) is 1.68. The normalized spacial score (nSPS) is 10.4. The van der Waals surface area contributed by atoms with E-state index in [1.165, 1.54) is 18.0 Å². The zero-order chi connectivity index (χ0) is 15.2. The molecule has 2 rings (SSSR count). The summed E-state index contributed by atoms with van der Waals surface area (Å²) in [5.41, 5.74) is 0.612. The Bertz CT molecular complexity index is 626. The molecule has 21 heavy (non-hydrogen) atoms. The molecular formula is C13H15N3O5. The van der Waals surface area contributed by atoms with E-state index in [-0.39, 0.29) is 18.9 Å². The maximum absolute atomic E-state index is 10.7. The van der Waals surface area contributed by atoms with Gasteiger partial charge in [0, 0.05) is 0 Å². The molecule has 2 N–H and O–H groups in total. The van der Waals surface area contributed by atoms with Crippen LogP contribution in [0.4, 0.5) is 0 Å². The lowest BCUT2D eigenvalue weighted by Crippen LogP contribution is -2.09. The van der Waals surface area contributed by atoms with E-state index in [4.69, 9.17) is 19.7 Å². The van der Waals surface area contributed by atoms with Crippen molar-refractivity contribution in [2.45, 2.75) is 13.2 Å². The number of carboxylic acids is 1. The summed E-state index contributed by atoms with van der Waals surface area (Å²) in [5.74, 6) is -0.0666. The minimum atomic E-state index is -1.12. The van der Waals surface area contributed by atoms with Crippen molar-refractivity contribution in [3.63, 3.8) is 0 Å². The second kappa shape index (κ2) is 6.71. The number of aromatic carboxylic acids is 1. The van der Waals surface area contributed by atoms with Gasteiger partial charge >= 0.3 is 5.97 Å². The molecule has 8 nitrogen and oxygen atoms in total. The molecule has 0 amide bonds. The van der Waals surface area contributed by atoms with Crippen LogP contribution in [0.1, 0.15) is 16.1 Å². The quantitative estimate of drug-likeness (QED) is 0.768. The molecule has 112 valence electrons. The van der Waals surface area contributed by atoms with Crippen LogP contribution in [0, 0.1) is 0 Å². The smallest absolute Gasteiger partial charge is 0.358 e. The molecule has 0 bridgehead atoms. The van der Waals surface area contributed by atoms with Gasteiger partial charge in [0.2, 0.25) is 0 Å². The van der Waals surface area contributed by atoms with Crippen molar-refractivity contribution >= 4 is 5.97 Å². The Morgan fingerprint density at radius 2 is 2.19 bits per heavy atom. The van der Waals surface area contributed by atoms with Crippen molar-refractivity contribution in [1.29, 1.82) is 0 Å². The summed E-state index contributed by atoms with van der Waals surface area (Å²) in [6.45, 7) is 0.552. The van der Waals surface area contributed by atoms with Gasteiger partial charge in [0.05, 0.1) is 26.5 Å². The number of aliphatic hydroxyl groups excluding tert-OH is 1. The van der Waals surface area contributed by atoms with Crippen molar-refractivity contribution in [2.24, 2.45) is 0 Å². The first-order valence-electron chi connectivity index (χ1n) is 6.18. The Morgan fingerprint density at radius 3 is 2.81 bits per heavy atom. The SMILES string of the molecule is COc1cc(CO)ccc1OCCn1cc(C(=O)O)nn1. The Kier molecular flexibility index (Phi) is 4.72. The van der Waals surface area contributed by atoms with Gasteiger partial charge in [-0.1, -0.05) is 11.3 Å². The van der Waals surface area contributed by atoms with Gasteiger partial charge in [0.15, 0.2) is 17.2 Å². The van der Waals surface area contributed by atoms with Crippen LogP contribution in [0.25, 0.3) is 0 Å². The number of hydrogen-bond acceptors (Lipinski definition) is 6. The number of methoxy groups -OCH3 is 1. The minimum absolute atomic E-state index is 0.0758. The average molecular weight is 293 g/mol. The molecule has 0 spiro atoms. The number of carboxylic acid groups (broad SMARTS) is 1. The molecule has 0 unspecified atom stereocenters. The number of aromatic nitrogens is 3. The van der Waals surface area contributed by atoms with Crippen LogP contribution in [0.3, 0.4) is 0 Å². The van der Waals surface area contributed by atoms with Crippen LogP contribution in [-0.2, 0) is 13.2 Å². The van der Waals surface area contributed by atoms with Gasteiger partial charge in [-0.2, -0.15) is 0 Å². The largest absolute Gasteiger partial charge is 0.493 e. The van der Waals surface area contributed by atoms with Crippen LogP contribution in [-0.4, -0.2) is 44.9 Å². The van der Waals surface area contributed by atoms with Crippen LogP contribution in [0.2, 0.25) is 0 Å². The average Bonchev–Trinajstić information content (AvgIpc) is 2.96. The number of hydrogen-bond donors (Lipinski definition) is 2. The first-order valence-corrected chi connectivity index (χ1v) is 6.18. The third-order valence-electron chi connectivity index (χ3n) is 2.75. The van der Waals surface area contributed by atoms with Crippen LogP contribution >= 0.6 is 0 Å². The van der Waals surface area contributed by atoms with Gasteiger partial charge in [-0.25, -0.2) is 9.48 Å². The van der Waals surface area contributed by atoms with Gasteiger partial charge in [0.1, 0.15) is 6.61 Å². The minimum Gasteiger partial charge on any atom is -0.493 e. The maximum atomic E-state index is 10.7. The zero-order valence-electron chi connectivity index (χ0n) is 11.4. The second-order valence-electron chi connectivity index (χ2n) is 4.16. The van der Waals surface area contributed by atoms with E-state index < -0.39 is 5.97 Å². The number of benzene rings is 1. The molecule has 8 heteroatoms. The topological polar surface area (TPSA) is 107 Å². The molecular weight excluding hydrogens is 278 g/mol. The van der Waals surface area contributed by atoms with Gasteiger partial charge in [-0.05, 0) is 17.7 Å². The lowest BCUT2D eigenvalue weighted by molar-refractivity contribution is 0.0690. The molecule has 0 aliphatic carbocycles. The number of nitrogens with zero attached hydrogens (tertiary/aromatic N) is 3. The second-order valence-corrected chi connectivity index (χ2v) is 4.16. The fourth-order valence-corrected chi connectivity index (χ4v) is 1.68. The predicted octanol–water partition coefficient (Wildman–Crippen LogP) is 0.556. The van der Waals surface area contributed by atoms with Gasteiger partial charge in [0.25, 0.3) is 0 Å². The number of carbonyl (C=O) groups is 1. The summed E-state index contributed by atoms with van der Waals surface area (Å²) >= 11 is 0. The monoisotopic (exact) mass is 293 g/mol. The van der Waals surface area contributed by atoms with E-state index in [0.717, 1.165) is 5.56 Å². The van der Waals surface area contributed by atoms with Crippen LogP contribution < -0.4 is 9.47 Å². The third kappa shape index (κ3) is 3.69. The summed E-state index contributed by atoms with van der Waals surface area (Å²) < 4.78 is 12.1. The van der Waals surface area contributed by atoms with Crippen LogP contribution in [0.15, 0.2) is 24.4 Å². The van der Waals surface area contributed by atoms with E-state index >= 15 is 0 Å². The van der Waals surface area contributed by atoms with E-state index in [9.17, 15) is 4.79 Å². The van der Waals surface area contributed by atoms with Gasteiger partial charge in [-0.15, -0.1) is 5.10 Å². The lowest BCUT2D eigenvalue weighted by atomic mass is 10.2. The highest BCUT2D eigenvalue weighted by atomic mass is 16.5. The molecule has 1 aromatic carbocycles. The van der Waals surface area contributed by atoms with E-state index in [2.05, 4.69) is 10.3 Å². The summed E-state index contributed by atoms with van der Waals surface area (Å²) in [5, 5.41) is 25.0. The molecule has 0 saturated carbocycles. The Balaban J connectivity index is 1.94. The molecule has 0 radical (unpaired) electrons. The standard InChI is InChI=1S/C13H15N3O5/c1-20-12-6-9(8-17)2-3-11(12)21-5-4-16-7-10(13(18)19)14-15-16/h2-3,6-7,17H,4-5,8H2,1H3,(H,18,19). The van der Waals surface area contributed by atoms with E-state index in [0.29, 0.717) is 18.0 Å². The first kappa shape index (κ1) is 14.8. The first-order chi connectivity index (χ1) is 10.1. The van der Waals surface area contributed by atoms with E-state index in [1.54, 1.807) is 18.2 Å². The van der Waals surface area contributed by atoms with Gasteiger partial charge < -0.3 is 19.7 Å². The number of rotatable bonds is 7. The van der Waals surface area contributed by atoms with Crippen molar-refractivity contribution in [1.82, 2.24) is 15.0 Å². The van der Waals surface area contributed by atoms with Crippen molar-refractivity contribution in [2.75, 3.05) is 13.7 Å². The highest BCUT2D eigenvalue weighted by Gasteiger charge is 2.09. The third-order valence-corrected chi connectivity index (χ3v) is 2.75. The predicted molar refractivity (Wildman–Crippen MR) is 71.4 cm³/mol. The molecule has 0 aliphatic heterocycles. The summed E-state index contributed by atoms with van der Waals surface area (Å²) in [6, 6.07) is 5.12. The van der Waals surface area contributed by atoms with Crippen LogP contribution in [0.5, 0.6) is 11.5 Å². The lowest BCUT2D eigenvalue weighted by Gasteiger charge is -2.11. The zero-order valence-corrected chi connectivity index (χ0v) is 11.4. The number of aliphatic hydroxyl groups is 1. The van der Waals surface area contributed by atoms with E-state index in [1.807, 2.05) is 0 Å². The highest BCUT2D eigenvalue weighted by Crippen LogP contribution is 2.28. The highest BCUT2D eigenvalue weighted by molar-refractivity contribution is 5.84. The Labute approximate surface area is 120 Å². The van der Waals surface area contributed by atoms with Crippen molar-refractivity contribution in [3.05, 3.63) is 35.7 Å². The summed E-state index contributed by atoms with van der Waals surface area (Å²) in [6.07, 6.45) is 1.33. The molecule has 0 fully saturated rings. The molecule has 1 aromatic heterocycles. The maximum Gasteiger partial charge on any atom is 0.358 e. The molecule has 1 heterocycles. The number of ether oxygens (including phenoxy) is 2. The summed E-state index contributed by atoms with van der Waals surface area (Å²) in [7, 11) is 1.51. The van der Waals surface area contributed by atoms with Crippen molar-refractivity contribution < 1.29 is 24.5 Å². The fraction of sp³-hybridized carbons (Fsp3) is 0.308. The Hall–Kier alpha value is -2.61. The molecule has 0 saturated heterocycles. The van der Waals surface area contributed by atoms with Gasteiger partial charge in [-0.3, -0.25) is 0 Å². The van der Waals surface area contributed by atoms with Crippen molar-refractivity contribution in [3.8, 4) is 11.5 Å². The molecule has 0 atom stereocenters. The molecule has 0 aliphatic rings. The molecule has 2 aromatic rings.